The molecule has 9 atom stereocenters. The lowest BCUT2D eigenvalue weighted by Gasteiger charge is -2.31. The van der Waals surface area contributed by atoms with Gasteiger partial charge in [0.2, 0.25) is 10.4 Å². The summed E-state index contributed by atoms with van der Waals surface area (Å²) in [6.07, 6.45) is -12.8. The summed E-state index contributed by atoms with van der Waals surface area (Å²) in [5.41, 5.74) is 0. The summed E-state index contributed by atoms with van der Waals surface area (Å²) < 4.78 is 36.7. The van der Waals surface area contributed by atoms with Gasteiger partial charge in [-0.2, -0.15) is 0 Å². The van der Waals surface area contributed by atoms with Gasteiger partial charge in [0.15, 0.2) is 5.25 Å². The van der Waals surface area contributed by atoms with E-state index in [1.165, 1.54) is 0 Å². The van der Waals surface area contributed by atoms with Crippen molar-refractivity contribution in [3.63, 3.8) is 0 Å². The van der Waals surface area contributed by atoms with E-state index in [1.54, 1.807) is 0 Å². The quantitative estimate of drug-likeness (QED) is 0.0931. The van der Waals surface area contributed by atoms with Gasteiger partial charge in [-0.25, -0.2) is 8.42 Å². The van der Waals surface area contributed by atoms with Crippen molar-refractivity contribution in [2.45, 2.75) is 48.0 Å². The minimum atomic E-state index is -5.42. The van der Waals surface area contributed by atoms with E-state index >= 15 is 0 Å². The lowest BCUT2D eigenvalue weighted by Crippen LogP contribution is -2.53. The molecular formula is C12H24O12S2. The van der Waals surface area contributed by atoms with Crippen LogP contribution in [0.15, 0.2) is 0 Å². The van der Waals surface area contributed by atoms with E-state index in [1.807, 2.05) is 0 Å². The molecule has 0 bridgehead atoms. The predicted octanol–water partition coefficient (Wildman–Crippen LogP) is -6.02. The Morgan fingerprint density at radius 2 is 1.65 bits per heavy atom. The summed E-state index contributed by atoms with van der Waals surface area (Å²) in [6, 6.07) is 0. The minimum absolute atomic E-state index is 0.0296. The Balaban J connectivity index is 2.95. The normalized spacial score (nSPS) is 32.8. The number of aliphatic hydroxyl groups excluding tert-OH is 8. The van der Waals surface area contributed by atoms with Gasteiger partial charge in [-0.05, 0) is 0 Å². The van der Waals surface area contributed by atoms with E-state index in [4.69, 9.17) is 5.11 Å². The molecule has 26 heavy (non-hydrogen) atoms. The molecule has 1 aliphatic rings. The number of aliphatic hydroxyl groups is 8. The zero-order valence-corrected chi connectivity index (χ0v) is 15.1. The average molecular weight is 424 g/mol. The Labute approximate surface area is 152 Å². The first kappa shape index (κ1) is 23.9. The smallest absolute Gasteiger partial charge is 0.218 e. The number of rotatable bonds is 10. The first-order valence-electron chi connectivity index (χ1n) is 7.53. The molecule has 0 aliphatic carbocycles. The van der Waals surface area contributed by atoms with Gasteiger partial charge in [0.05, 0.1) is 13.2 Å². The third-order valence-corrected chi connectivity index (χ3v) is 7.31. The molecule has 0 saturated carbocycles. The maximum atomic E-state index is 10.9. The third kappa shape index (κ3) is 6.22. The van der Waals surface area contributed by atoms with Crippen LogP contribution >= 0.6 is 0 Å². The minimum Gasteiger partial charge on any atom is -0.726 e. The van der Waals surface area contributed by atoms with E-state index in [0.717, 1.165) is 0 Å². The summed E-state index contributed by atoms with van der Waals surface area (Å²) in [5, 5.41) is 75.8. The van der Waals surface area contributed by atoms with Crippen LogP contribution in [0.5, 0.6) is 0 Å². The topological polar surface area (TPSA) is 228 Å². The maximum Gasteiger partial charge on any atom is 0.218 e. The highest BCUT2D eigenvalue weighted by Gasteiger charge is 2.51. The van der Waals surface area contributed by atoms with Crippen LogP contribution in [0, 0.1) is 0 Å². The van der Waals surface area contributed by atoms with Crippen molar-refractivity contribution in [2.75, 3.05) is 24.7 Å². The van der Waals surface area contributed by atoms with Crippen molar-refractivity contribution in [1.82, 2.24) is 0 Å². The zero-order valence-electron chi connectivity index (χ0n) is 13.5. The molecular weight excluding hydrogens is 400 g/mol. The van der Waals surface area contributed by atoms with E-state index in [9.17, 15) is 48.7 Å². The fourth-order valence-corrected chi connectivity index (χ4v) is 5.82. The Bertz CT molecular complexity index is 530. The fourth-order valence-electron chi connectivity index (χ4n) is 2.62. The monoisotopic (exact) mass is 424 g/mol. The van der Waals surface area contributed by atoms with Crippen LogP contribution in [0.3, 0.4) is 0 Å². The summed E-state index contributed by atoms with van der Waals surface area (Å²) in [5.74, 6) is -0.406. The SMILES string of the molecule is O=S(=O)([O-])O[C@H](C(O)C[S+]1C[C@@H](O)[C@H](O)[C@H]1CO)C(O)C(O)C(O)CO. The van der Waals surface area contributed by atoms with Crippen LogP contribution in [-0.4, -0.2) is 127 Å². The Morgan fingerprint density at radius 3 is 2.12 bits per heavy atom. The first-order valence-corrected chi connectivity index (χ1v) is 10.5. The zero-order chi connectivity index (χ0) is 20.2. The number of hydrogen-bond donors (Lipinski definition) is 8. The van der Waals surface area contributed by atoms with Gasteiger partial charge >= 0.3 is 0 Å². The molecule has 0 aromatic carbocycles. The molecule has 14 heteroatoms. The average Bonchev–Trinajstić information content (AvgIpc) is 2.82. The van der Waals surface area contributed by atoms with Crippen LogP contribution in [0.25, 0.3) is 0 Å². The van der Waals surface area contributed by atoms with Gasteiger partial charge < -0.3 is 45.4 Å². The Morgan fingerprint density at radius 1 is 1.08 bits per heavy atom. The van der Waals surface area contributed by atoms with E-state index in [0.29, 0.717) is 0 Å². The van der Waals surface area contributed by atoms with Crippen molar-refractivity contribution < 1.29 is 58.0 Å². The number of hydrogen-bond acceptors (Lipinski definition) is 12. The van der Waals surface area contributed by atoms with Crippen LogP contribution in [0.2, 0.25) is 0 Å². The van der Waals surface area contributed by atoms with Crippen LogP contribution in [-0.2, 0) is 25.5 Å². The molecule has 156 valence electrons. The molecule has 0 aromatic heterocycles. The van der Waals surface area contributed by atoms with Crippen LogP contribution in [0.1, 0.15) is 0 Å². The third-order valence-electron chi connectivity index (χ3n) is 4.03. The molecule has 1 heterocycles. The van der Waals surface area contributed by atoms with E-state index < -0.39 is 82.5 Å². The summed E-state index contributed by atoms with van der Waals surface area (Å²) >= 11 is 0. The second kappa shape index (κ2) is 9.90. The van der Waals surface area contributed by atoms with E-state index in [2.05, 4.69) is 4.18 Å². The predicted molar refractivity (Wildman–Crippen MR) is 85.7 cm³/mol. The highest BCUT2D eigenvalue weighted by Crippen LogP contribution is 2.26. The molecule has 0 aromatic rings. The van der Waals surface area contributed by atoms with Gasteiger partial charge in [-0.1, -0.05) is 0 Å². The lowest BCUT2D eigenvalue weighted by atomic mass is 10.0. The second-order valence-electron chi connectivity index (χ2n) is 5.92. The molecule has 0 radical (unpaired) electrons. The summed E-state index contributed by atoms with van der Waals surface area (Å²) in [7, 11) is -6.45. The molecule has 0 spiro atoms. The summed E-state index contributed by atoms with van der Waals surface area (Å²) in [6.45, 7) is -1.53. The molecule has 1 saturated heterocycles. The van der Waals surface area contributed by atoms with Crippen LogP contribution in [0.4, 0.5) is 0 Å². The van der Waals surface area contributed by atoms with Gasteiger partial charge in [-0.15, -0.1) is 0 Å². The van der Waals surface area contributed by atoms with Crippen molar-refractivity contribution >= 4 is 21.3 Å². The first-order chi connectivity index (χ1) is 11.9. The molecule has 12 nitrogen and oxygen atoms in total. The molecule has 0 amide bonds. The van der Waals surface area contributed by atoms with Crippen molar-refractivity contribution in [2.24, 2.45) is 0 Å². The lowest BCUT2D eigenvalue weighted by molar-refractivity contribution is -0.129. The highest BCUT2D eigenvalue weighted by atomic mass is 32.3. The van der Waals surface area contributed by atoms with Crippen LogP contribution < -0.4 is 0 Å². The molecule has 8 N–H and O–H groups in total. The van der Waals surface area contributed by atoms with E-state index in [-0.39, 0.29) is 11.5 Å². The summed E-state index contributed by atoms with van der Waals surface area (Å²) in [4.78, 5) is 0. The Hall–Kier alpha value is -0.100. The Kier molecular flexibility index (Phi) is 9.12. The largest absolute Gasteiger partial charge is 0.726 e. The van der Waals surface area contributed by atoms with Gasteiger partial charge in [0.1, 0.15) is 54.2 Å². The standard InChI is InChI=1S/C12H24O12S2/c13-1-5(15)10(19)11(20)12(24-26(21,22)23)7(17)4-25-3-6(16)9(18)8(25)2-14/h5-20H,1-4H2/t5?,6-,7?,8-,9+,10?,11?,12-,25?/m1/s1. The van der Waals surface area contributed by atoms with Gasteiger partial charge in [0, 0.05) is 10.9 Å². The molecule has 5 unspecified atom stereocenters. The van der Waals surface area contributed by atoms with Crippen molar-refractivity contribution in [3.05, 3.63) is 0 Å². The molecule has 1 aliphatic heterocycles. The highest BCUT2D eigenvalue weighted by molar-refractivity contribution is 7.97. The van der Waals surface area contributed by atoms with Crippen molar-refractivity contribution in [3.8, 4) is 0 Å². The van der Waals surface area contributed by atoms with Gasteiger partial charge in [0.25, 0.3) is 0 Å². The maximum absolute atomic E-state index is 10.9. The molecule has 1 fully saturated rings. The van der Waals surface area contributed by atoms with Gasteiger partial charge in [-0.3, -0.25) is 4.18 Å². The van der Waals surface area contributed by atoms with Crippen molar-refractivity contribution in [1.29, 1.82) is 0 Å². The molecule has 1 rings (SSSR count). The fraction of sp³-hybridized carbons (Fsp3) is 1.00. The second-order valence-corrected chi connectivity index (χ2v) is 9.27.